The van der Waals surface area contributed by atoms with Crippen LogP contribution in [0.3, 0.4) is 0 Å². The number of carbonyl (C=O) groups is 1. The summed E-state index contributed by atoms with van der Waals surface area (Å²) in [4.78, 5) is 28.1. The summed E-state index contributed by atoms with van der Waals surface area (Å²) in [5.74, 6) is -0.493. The molecule has 29 heavy (non-hydrogen) atoms. The largest absolute Gasteiger partial charge is 0.310 e. The van der Waals surface area contributed by atoms with Crippen LogP contribution in [-0.4, -0.2) is 30.5 Å². The molecule has 3 rings (SSSR count). The minimum Gasteiger partial charge on any atom is -0.310 e. The second-order valence-corrected chi connectivity index (χ2v) is 9.41. The summed E-state index contributed by atoms with van der Waals surface area (Å²) in [6.07, 6.45) is 7.12. The molecule has 1 aromatic carbocycles. The van der Waals surface area contributed by atoms with Gasteiger partial charge in [-0.05, 0) is 30.5 Å². The van der Waals surface area contributed by atoms with Gasteiger partial charge in [0.25, 0.3) is 5.69 Å². The number of aromatic nitrogens is 1. The van der Waals surface area contributed by atoms with Gasteiger partial charge in [-0.25, -0.2) is 13.4 Å². The summed E-state index contributed by atoms with van der Waals surface area (Å²) >= 11 is 0. The minimum absolute atomic E-state index is 0.141. The Morgan fingerprint density at radius 3 is 2.59 bits per heavy atom. The van der Waals surface area contributed by atoms with Crippen LogP contribution in [0.15, 0.2) is 47.5 Å². The first-order valence-corrected chi connectivity index (χ1v) is 11.3. The molecule has 1 saturated carbocycles. The maximum absolute atomic E-state index is 13.1. The number of nitrogens with zero attached hydrogens (tertiary/aromatic N) is 2. The predicted octanol–water partition coefficient (Wildman–Crippen LogP) is 3.70. The van der Waals surface area contributed by atoms with Gasteiger partial charge in [-0.1, -0.05) is 37.8 Å². The highest BCUT2D eigenvalue weighted by molar-refractivity contribution is 7.90. The van der Waals surface area contributed by atoms with Gasteiger partial charge < -0.3 is 5.32 Å². The molecule has 154 valence electrons. The number of amides is 1. The third-order valence-corrected chi connectivity index (χ3v) is 6.39. The number of rotatable bonds is 7. The van der Waals surface area contributed by atoms with Gasteiger partial charge in [0, 0.05) is 24.1 Å². The summed E-state index contributed by atoms with van der Waals surface area (Å²) in [7, 11) is -3.61. The van der Waals surface area contributed by atoms with Gasteiger partial charge in [-0.15, -0.1) is 0 Å². The zero-order valence-electron chi connectivity index (χ0n) is 16.1. The van der Waals surface area contributed by atoms with E-state index in [9.17, 15) is 23.3 Å². The van der Waals surface area contributed by atoms with Crippen LogP contribution in [0.5, 0.6) is 0 Å². The second kappa shape index (κ2) is 8.69. The van der Waals surface area contributed by atoms with Gasteiger partial charge in [-0.3, -0.25) is 14.9 Å². The Morgan fingerprint density at radius 1 is 1.28 bits per heavy atom. The van der Waals surface area contributed by atoms with E-state index in [1.807, 2.05) is 0 Å². The van der Waals surface area contributed by atoms with Gasteiger partial charge in [-0.2, -0.15) is 0 Å². The molecule has 1 unspecified atom stereocenters. The summed E-state index contributed by atoms with van der Waals surface area (Å²) in [5, 5.41) is 14.4. The number of carbonyl (C=O) groups excluding carboxylic acids is 1. The molecule has 9 heteroatoms. The van der Waals surface area contributed by atoms with E-state index in [4.69, 9.17) is 0 Å². The third-order valence-electron chi connectivity index (χ3n) is 5.28. The number of nitrogens with one attached hydrogen (secondary N) is 1. The van der Waals surface area contributed by atoms with E-state index < -0.39 is 20.7 Å². The van der Waals surface area contributed by atoms with E-state index in [-0.39, 0.29) is 22.1 Å². The Hall–Kier alpha value is -2.81. The number of hydrogen-bond donors (Lipinski definition) is 1. The molecule has 1 aliphatic rings. The SMILES string of the molecule is CS(=O)(=O)c1ccc(C(CC2CCCC2)C(=O)Nc2ccccn2)c([N+](=O)[O-])c1. The summed E-state index contributed by atoms with van der Waals surface area (Å²) < 4.78 is 23.7. The van der Waals surface area contributed by atoms with Crippen molar-refractivity contribution in [3.63, 3.8) is 0 Å². The van der Waals surface area contributed by atoms with Crippen molar-refractivity contribution in [2.24, 2.45) is 5.92 Å². The number of nitro benzene ring substituents is 1. The lowest BCUT2D eigenvalue weighted by Gasteiger charge is -2.20. The van der Waals surface area contributed by atoms with E-state index in [2.05, 4.69) is 10.3 Å². The topological polar surface area (TPSA) is 119 Å². The summed E-state index contributed by atoms with van der Waals surface area (Å²) in [5.41, 5.74) is -0.130. The predicted molar refractivity (Wildman–Crippen MR) is 108 cm³/mol. The van der Waals surface area contributed by atoms with Crippen molar-refractivity contribution in [1.29, 1.82) is 0 Å². The van der Waals surface area contributed by atoms with Gasteiger partial charge >= 0.3 is 0 Å². The number of nitro groups is 1. The fourth-order valence-corrected chi connectivity index (χ4v) is 4.45. The quantitative estimate of drug-likeness (QED) is 0.542. The Labute approximate surface area is 169 Å². The number of hydrogen-bond acceptors (Lipinski definition) is 6. The van der Waals surface area contributed by atoms with Crippen molar-refractivity contribution in [2.75, 3.05) is 11.6 Å². The van der Waals surface area contributed by atoms with E-state index in [0.29, 0.717) is 18.2 Å². The molecule has 0 bridgehead atoms. The molecule has 1 fully saturated rings. The maximum atomic E-state index is 13.1. The Morgan fingerprint density at radius 2 is 2.00 bits per heavy atom. The van der Waals surface area contributed by atoms with Crippen LogP contribution < -0.4 is 5.32 Å². The number of pyridine rings is 1. The van der Waals surface area contributed by atoms with Crippen molar-refractivity contribution in [2.45, 2.75) is 42.9 Å². The van der Waals surface area contributed by atoms with Crippen molar-refractivity contribution in [3.05, 3.63) is 58.3 Å². The summed E-state index contributed by atoms with van der Waals surface area (Å²) in [6.45, 7) is 0. The molecule has 0 spiro atoms. The zero-order chi connectivity index (χ0) is 21.0. The van der Waals surface area contributed by atoms with Crippen LogP contribution >= 0.6 is 0 Å². The van der Waals surface area contributed by atoms with Gasteiger partial charge in [0.2, 0.25) is 5.91 Å². The smallest absolute Gasteiger partial charge is 0.274 e. The van der Waals surface area contributed by atoms with E-state index in [1.54, 1.807) is 24.4 Å². The van der Waals surface area contributed by atoms with Crippen LogP contribution in [0, 0.1) is 16.0 Å². The molecule has 1 aromatic heterocycles. The molecule has 1 aliphatic carbocycles. The van der Waals surface area contributed by atoms with Crippen molar-refractivity contribution < 1.29 is 18.1 Å². The minimum atomic E-state index is -3.61. The molecule has 1 heterocycles. The van der Waals surface area contributed by atoms with Crippen LogP contribution in [0.1, 0.15) is 43.6 Å². The Bertz CT molecular complexity index is 1000. The first-order chi connectivity index (χ1) is 13.8. The Balaban J connectivity index is 2.00. The fraction of sp³-hybridized carbons (Fsp3) is 0.400. The lowest BCUT2D eigenvalue weighted by Crippen LogP contribution is -2.24. The number of anilines is 1. The average Bonchev–Trinajstić information content (AvgIpc) is 3.19. The average molecular weight is 417 g/mol. The molecule has 0 aliphatic heterocycles. The van der Waals surface area contributed by atoms with Crippen molar-refractivity contribution >= 4 is 27.2 Å². The Kier molecular flexibility index (Phi) is 6.26. The lowest BCUT2D eigenvalue weighted by molar-refractivity contribution is -0.385. The van der Waals surface area contributed by atoms with E-state index in [1.165, 1.54) is 12.1 Å². The van der Waals surface area contributed by atoms with Crippen LogP contribution in [-0.2, 0) is 14.6 Å². The standard InChI is InChI=1S/C20H23N3O5S/c1-29(27,28)15-9-10-16(18(13-15)23(25)26)17(12-14-6-2-3-7-14)20(24)22-19-8-4-5-11-21-19/h4-5,8-11,13-14,17H,2-3,6-7,12H2,1H3,(H,21,22,24). The fourth-order valence-electron chi connectivity index (χ4n) is 3.81. The van der Waals surface area contributed by atoms with Crippen LogP contribution in [0.25, 0.3) is 0 Å². The van der Waals surface area contributed by atoms with E-state index >= 15 is 0 Å². The first kappa shape index (κ1) is 20.9. The molecule has 2 aromatic rings. The normalized spacial score (nSPS) is 15.8. The molecule has 1 N–H and O–H groups in total. The highest BCUT2D eigenvalue weighted by atomic mass is 32.2. The summed E-state index contributed by atoms with van der Waals surface area (Å²) in [6, 6.07) is 8.86. The highest BCUT2D eigenvalue weighted by Crippen LogP contribution is 2.38. The van der Waals surface area contributed by atoms with Crippen LogP contribution in [0.2, 0.25) is 0 Å². The third kappa shape index (κ3) is 5.17. The molecule has 8 nitrogen and oxygen atoms in total. The lowest BCUT2D eigenvalue weighted by atomic mass is 9.86. The number of sulfone groups is 1. The second-order valence-electron chi connectivity index (χ2n) is 7.39. The monoisotopic (exact) mass is 417 g/mol. The first-order valence-electron chi connectivity index (χ1n) is 9.46. The maximum Gasteiger partial charge on any atom is 0.274 e. The van der Waals surface area contributed by atoms with E-state index in [0.717, 1.165) is 38.0 Å². The van der Waals surface area contributed by atoms with Gasteiger partial charge in [0.1, 0.15) is 5.82 Å². The highest BCUT2D eigenvalue weighted by Gasteiger charge is 2.32. The van der Waals surface area contributed by atoms with Gasteiger partial charge in [0.15, 0.2) is 9.84 Å². The zero-order valence-corrected chi connectivity index (χ0v) is 16.9. The molecule has 1 atom stereocenters. The van der Waals surface area contributed by atoms with Crippen LogP contribution in [0.4, 0.5) is 11.5 Å². The van der Waals surface area contributed by atoms with Crippen molar-refractivity contribution in [1.82, 2.24) is 4.98 Å². The molecular weight excluding hydrogens is 394 g/mol. The van der Waals surface area contributed by atoms with Crippen molar-refractivity contribution in [3.8, 4) is 0 Å². The molecule has 0 radical (unpaired) electrons. The van der Waals surface area contributed by atoms with Gasteiger partial charge in [0.05, 0.1) is 15.7 Å². The molecule has 0 saturated heterocycles. The molecule has 1 amide bonds. The molecular formula is C20H23N3O5S. The number of benzene rings is 1.